The van der Waals surface area contributed by atoms with Crippen LogP contribution in [0.4, 0.5) is 13.2 Å². The van der Waals surface area contributed by atoms with Crippen molar-refractivity contribution in [3.63, 3.8) is 0 Å². The van der Waals surface area contributed by atoms with E-state index >= 15 is 0 Å². The number of hydrogen-bond acceptors (Lipinski definition) is 4. The van der Waals surface area contributed by atoms with Gasteiger partial charge in [-0.25, -0.2) is 13.1 Å². The van der Waals surface area contributed by atoms with Crippen molar-refractivity contribution < 1.29 is 21.6 Å². The maximum absolute atomic E-state index is 12.5. The van der Waals surface area contributed by atoms with Crippen LogP contribution in [0.25, 0.3) is 0 Å². The summed E-state index contributed by atoms with van der Waals surface area (Å²) in [7, 11) is -3.94. The topological polar surface area (TPSA) is 71.1 Å². The molecule has 1 aromatic heterocycles. The van der Waals surface area contributed by atoms with Crippen LogP contribution in [0.1, 0.15) is 22.9 Å². The number of nitrogens with one attached hydrogen (secondary N) is 2. The number of aromatic nitrogens is 1. The molecule has 2 N–H and O–H groups in total. The number of fused-ring (bicyclic) bond motifs is 1. The Morgan fingerprint density at radius 3 is 2.64 bits per heavy atom. The van der Waals surface area contributed by atoms with Crippen molar-refractivity contribution in [3.8, 4) is 0 Å². The smallest absolute Gasteiger partial charge is 0.308 e. The first-order valence-corrected chi connectivity index (χ1v) is 9.10. The van der Waals surface area contributed by atoms with E-state index in [1.807, 2.05) is 24.3 Å². The third kappa shape index (κ3) is 4.00. The monoisotopic (exact) mass is 371 g/mol. The highest BCUT2D eigenvalue weighted by Crippen LogP contribution is 2.28. The van der Waals surface area contributed by atoms with Crippen molar-refractivity contribution >= 4 is 10.0 Å². The molecule has 0 fully saturated rings. The van der Waals surface area contributed by atoms with E-state index in [1.54, 1.807) is 0 Å². The van der Waals surface area contributed by atoms with Gasteiger partial charge in [0.1, 0.15) is 10.6 Å². The third-order valence-electron chi connectivity index (χ3n) is 4.03. The first kappa shape index (κ1) is 17.8. The van der Waals surface area contributed by atoms with Crippen molar-refractivity contribution in [1.29, 1.82) is 0 Å². The first-order valence-electron chi connectivity index (χ1n) is 7.61. The van der Waals surface area contributed by atoms with Crippen LogP contribution in [0.3, 0.4) is 0 Å². The fraction of sp³-hybridized carbons (Fsp3) is 0.312. The Morgan fingerprint density at radius 2 is 1.96 bits per heavy atom. The van der Waals surface area contributed by atoms with Gasteiger partial charge in [-0.3, -0.25) is 4.98 Å². The minimum absolute atomic E-state index is 0.0976. The third-order valence-corrected chi connectivity index (χ3v) is 5.44. The number of sulfonamides is 1. The van der Waals surface area contributed by atoms with Crippen LogP contribution in [-0.4, -0.2) is 26.5 Å². The summed E-state index contributed by atoms with van der Waals surface area (Å²) >= 11 is 0. The van der Waals surface area contributed by atoms with Gasteiger partial charge >= 0.3 is 6.18 Å². The van der Waals surface area contributed by atoms with E-state index in [4.69, 9.17) is 0 Å². The molecule has 1 atom stereocenters. The molecule has 25 heavy (non-hydrogen) atoms. The molecule has 5 nitrogen and oxygen atoms in total. The van der Waals surface area contributed by atoms with Gasteiger partial charge in [-0.05, 0) is 36.2 Å². The van der Waals surface area contributed by atoms with Gasteiger partial charge in [-0.15, -0.1) is 0 Å². The lowest BCUT2D eigenvalue weighted by atomic mass is 9.95. The summed E-state index contributed by atoms with van der Waals surface area (Å²) in [5.41, 5.74) is 1.04. The fourth-order valence-corrected chi connectivity index (χ4v) is 3.75. The highest BCUT2D eigenvalue weighted by atomic mass is 32.2. The number of pyridine rings is 1. The van der Waals surface area contributed by atoms with E-state index < -0.39 is 21.9 Å². The molecule has 2 aromatic rings. The predicted molar refractivity (Wildman–Crippen MR) is 85.3 cm³/mol. The molecule has 1 aromatic carbocycles. The van der Waals surface area contributed by atoms with Gasteiger partial charge < -0.3 is 5.32 Å². The maximum Gasteiger partial charge on any atom is 0.433 e. The normalized spacial score (nSPS) is 18.0. The molecule has 0 spiro atoms. The van der Waals surface area contributed by atoms with Gasteiger partial charge in [0, 0.05) is 18.8 Å². The number of halogens is 3. The summed E-state index contributed by atoms with van der Waals surface area (Å²) < 4.78 is 64.5. The van der Waals surface area contributed by atoms with E-state index in [-0.39, 0.29) is 17.5 Å². The lowest BCUT2D eigenvalue weighted by Crippen LogP contribution is -2.38. The summed E-state index contributed by atoms with van der Waals surface area (Å²) in [6, 6.07) is 9.11. The number of alkyl halides is 3. The standard InChI is InChI=1S/C16H16F3N3O2S/c17-16(18,19)15-6-5-12(9-21-15)25(23,24)22-10-14-13-4-2-1-3-11(13)7-8-20-14/h1-6,9,14,20,22H,7-8,10H2. The molecule has 0 saturated carbocycles. The summed E-state index contributed by atoms with van der Waals surface area (Å²) in [4.78, 5) is 2.89. The average Bonchev–Trinajstić information content (AvgIpc) is 2.59. The molecule has 0 amide bonds. The Labute approximate surface area is 143 Å². The number of nitrogens with zero attached hydrogens (tertiary/aromatic N) is 1. The van der Waals surface area contributed by atoms with Crippen molar-refractivity contribution in [2.24, 2.45) is 0 Å². The zero-order valence-electron chi connectivity index (χ0n) is 13.0. The maximum atomic E-state index is 12.5. The van der Waals surface area contributed by atoms with Crippen LogP contribution in [0.15, 0.2) is 47.5 Å². The highest BCUT2D eigenvalue weighted by Gasteiger charge is 2.32. The predicted octanol–water partition coefficient (Wildman–Crippen LogP) is 2.27. The quantitative estimate of drug-likeness (QED) is 0.865. The van der Waals surface area contributed by atoms with E-state index in [1.165, 1.54) is 0 Å². The second-order valence-electron chi connectivity index (χ2n) is 5.68. The zero-order valence-corrected chi connectivity index (χ0v) is 13.9. The zero-order chi connectivity index (χ0) is 18.1. The van der Waals surface area contributed by atoms with Crippen LogP contribution >= 0.6 is 0 Å². The van der Waals surface area contributed by atoms with Gasteiger partial charge in [-0.1, -0.05) is 24.3 Å². The number of hydrogen-bond donors (Lipinski definition) is 2. The molecule has 0 aliphatic carbocycles. The van der Waals surface area contributed by atoms with Crippen LogP contribution in [-0.2, 0) is 22.6 Å². The molecule has 9 heteroatoms. The fourth-order valence-electron chi connectivity index (χ4n) is 2.76. The van der Waals surface area contributed by atoms with Gasteiger partial charge in [0.2, 0.25) is 10.0 Å². The molecule has 0 saturated heterocycles. The molecule has 2 heterocycles. The van der Waals surface area contributed by atoms with Crippen LogP contribution < -0.4 is 10.0 Å². The van der Waals surface area contributed by atoms with Crippen LogP contribution in [0.5, 0.6) is 0 Å². The summed E-state index contributed by atoms with van der Waals surface area (Å²) in [6.07, 6.45) is -3.03. The van der Waals surface area contributed by atoms with Crippen molar-refractivity contribution in [2.45, 2.75) is 23.5 Å². The second kappa shape index (κ2) is 6.74. The van der Waals surface area contributed by atoms with E-state index in [0.717, 1.165) is 30.2 Å². The Balaban J connectivity index is 1.73. The largest absolute Gasteiger partial charge is 0.433 e. The summed E-state index contributed by atoms with van der Waals surface area (Å²) in [6.45, 7) is 0.825. The summed E-state index contributed by atoms with van der Waals surface area (Å²) in [5, 5.41) is 3.24. The first-order chi connectivity index (χ1) is 11.8. The van der Waals surface area contributed by atoms with E-state index in [0.29, 0.717) is 12.3 Å². The molecule has 3 rings (SSSR count). The number of rotatable bonds is 4. The van der Waals surface area contributed by atoms with Crippen LogP contribution in [0, 0.1) is 0 Å². The van der Waals surface area contributed by atoms with Crippen molar-refractivity contribution in [1.82, 2.24) is 15.0 Å². The Hall–Kier alpha value is -1.97. The molecular formula is C16H16F3N3O2S. The lowest BCUT2D eigenvalue weighted by Gasteiger charge is -2.27. The Bertz CT molecular complexity index is 852. The molecule has 1 unspecified atom stereocenters. The van der Waals surface area contributed by atoms with Crippen molar-refractivity contribution in [3.05, 3.63) is 59.4 Å². The van der Waals surface area contributed by atoms with Gasteiger partial charge in [-0.2, -0.15) is 13.2 Å². The minimum Gasteiger partial charge on any atom is -0.308 e. The summed E-state index contributed by atoms with van der Waals surface area (Å²) in [5.74, 6) is 0. The molecule has 0 radical (unpaired) electrons. The average molecular weight is 371 g/mol. The lowest BCUT2D eigenvalue weighted by molar-refractivity contribution is -0.141. The van der Waals surface area contributed by atoms with Crippen LogP contribution in [0.2, 0.25) is 0 Å². The number of benzene rings is 1. The van der Waals surface area contributed by atoms with Gasteiger partial charge in [0.05, 0.1) is 0 Å². The van der Waals surface area contributed by atoms with E-state index in [2.05, 4.69) is 15.0 Å². The molecular weight excluding hydrogens is 355 g/mol. The second-order valence-corrected chi connectivity index (χ2v) is 7.45. The highest BCUT2D eigenvalue weighted by molar-refractivity contribution is 7.89. The van der Waals surface area contributed by atoms with Gasteiger partial charge in [0.25, 0.3) is 0 Å². The SMILES string of the molecule is O=S(=O)(NCC1NCCc2ccccc21)c1ccc(C(F)(F)F)nc1. The Morgan fingerprint density at radius 1 is 1.20 bits per heavy atom. The Kier molecular flexibility index (Phi) is 4.81. The molecule has 0 bridgehead atoms. The van der Waals surface area contributed by atoms with Crippen molar-refractivity contribution in [2.75, 3.05) is 13.1 Å². The molecule has 1 aliphatic rings. The van der Waals surface area contributed by atoms with E-state index in [9.17, 15) is 21.6 Å². The minimum atomic E-state index is -4.61. The molecule has 1 aliphatic heterocycles. The van der Waals surface area contributed by atoms with Gasteiger partial charge in [0.15, 0.2) is 0 Å². The molecule has 134 valence electrons.